The molecule has 1 aliphatic rings. The van der Waals surface area contributed by atoms with E-state index in [2.05, 4.69) is 22.5 Å². The summed E-state index contributed by atoms with van der Waals surface area (Å²) in [6.45, 7) is 4.81. The van der Waals surface area contributed by atoms with Crippen LogP contribution < -0.4 is 10.6 Å². The summed E-state index contributed by atoms with van der Waals surface area (Å²) in [7, 11) is 0. The molecule has 1 saturated carbocycles. The molecule has 0 spiro atoms. The zero-order chi connectivity index (χ0) is 16.3. The number of guanidine groups is 1. The van der Waals surface area contributed by atoms with Gasteiger partial charge < -0.3 is 24.9 Å². The Kier molecular flexibility index (Phi) is 11.1. The SMILES string of the molecule is CCNC(=NCCCOCc1ccco1)NC1CCC(O)CC1.I. The number of aliphatic hydroxyl groups excluding tert-OH is 1. The van der Waals surface area contributed by atoms with Gasteiger partial charge in [0.2, 0.25) is 0 Å². The minimum Gasteiger partial charge on any atom is -0.467 e. The Morgan fingerprint density at radius 3 is 2.83 bits per heavy atom. The Balaban J connectivity index is 0.00000288. The molecule has 1 aromatic rings. The van der Waals surface area contributed by atoms with Crippen molar-refractivity contribution in [1.29, 1.82) is 0 Å². The number of nitrogens with one attached hydrogen (secondary N) is 2. The topological polar surface area (TPSA) is 79.0 Å². The number of furan rings is 1. The Bertz CT molecular complexity index is 446. The molecule has 1 fully saturated rings. The molecule has 0 atom stereocenters. The lowest BCUT2D eigenvalue weighted by Crippen LogP contribution is -2.45. The molecular formula is C17H30IN3O3. The van der Waals surface area contributed by atoms with Gasteiger partial charge in [-0.25, -0.2) is 0 Å². The molecule has 0 unspecified atom stereocenters. The van der Waals surface area contributed by atoms with Gasteiger partial charge in [0.25, 0.3) is 0 Å². The molecule has 1 heterocycles. The molecule has 0 radical (unpaired) electrons. The summed E-state index contributed by atoms with van der Waals surface area (Å²) in [4.78, 5) is 4.59. The van der Waals surface area contributed by atoms with E-state index in [4.69, 9.17) is 9.15 Å². The van der Waals surface area contributed by atoms with Crippen molar-refractivity contribution in [2.45, 2.75) is 57.8 Å². The zero-order valence-electron chi connectivity index (χ0n) is 14.4. The maximum atomic E-state index is 9.56. The summed E-state index contributed by atoms with van der Waals surface area (Å²) in [6.07, 6.45) is 6.15. The van der Waals surface area contributed by atoms with Crippen LogP contribution >= 0.6 is 24.0 Å². The van der Waals surface area contributed by atoms with Crippen molar-refractivity contribution in [1.82, 2.24) is 10.6 Å². The quantitative estimate of drug-likeness (QED) is 0.245. The summed E-state index contributed by atoms with van der Waals surface area (Å²) < 4.78 is 10.8. The molecule has 0 amide bonds. The Morgan fingerprint density at radius 1 is 1.38 bits per heavy atom. The van der Waals surface area contributed by atoms with Gasteiger partial charge in [0, 0.05) is 25.7 Å². The van der Waals surface area contributed by atoms with Crippen molar-refractivity contribution in [2.75, 3.05) is 19.7 Å². The van der Waals surface area contributed by atoms with Crippen LogP contribution in [0.1, 0.15) is 44.8 Å². The summed E-state index contributed by atoms with van der Waals surface area (Å²) in [5.41, 5.74) is 0. The monoisotopic (exact) mass is 451 g/mol. The summed E-state index contributed by atoms with van der Waals surface area (Å²) in [5, 5.41) is 16.3. The number of aliphatic imine (C=N–C) groups is 1. The standard InChI is InChI=1S/C17H29N3O3.HI/c1-2-18-17(20-14-6-8-15(21)9-7-14)19-10-4-11-22-13-16-5-3-12-23-16;/h3,5,12,14-15,21H,2,4,6-11,13H2,1H3,(H2,18,19,20);1H. The Hall–Kier alpha value is -0.800. The van der Waals surface area contributed by atoms with Gasteiger partial charge in [0.1, 0.15) is 12.4 Å². The minimum absolute atomic E-state index is 0. The van der Waals surface area contributed by atoms with Gasteiger partial charge in [-0.05, 0) is 51.2 Å². The van der Waals surface area contributed by atoms with Crippen LogP contribution in [0.5, 0.6) is 0 Å². The van der Waals surface area contributed by atoms with E-state index >= 15 is 0 Å². The van der Waals surface area contributed by atoms with Gasteiger partial charge in [-0.3, -0.25) is 4.99 Å². The number of ether oxygens (including phenoxy) is 1. The molecule has 138 valence electrons. The van der Waals surface area contributed by atoms with E-state index in [9.17, 15) is 5.11 Å². The first-order chi connectivity index (χ1) is 11.3. The van der Waals surface area contributed by atoms with Crippen LogP contribution in [0.2, 0.25) is 0 Å². The highest BCUT2D eigenvalue weighted by Gasteiger charge is 2.19. The molecule has 6 nitrogen and oxygen atoms in total. The molecule has 7 heteroatoms. The molecule has 0 aromatic carbocycles. The summed E-state index contributed by atoms with van der Waals surface area (Å²) >= 11 is 0. The number of hydrogen-bond acceptors (Lipinski definition) is 4. The molecule has 3 N–H and O–H groups in total. The van der Waals surface area contributed by atoms with E-state index in [1.54, 1.807) is 6.26 Å². The molecule has 0 saturated heterocycles. The fourth-order valence-corrected chi connectivity index (χ4v) is 2.66. The maximum Gasteiger partial charge on any atom is 0.191 e. The van der Waals surface area contributed by atoms with Gasteiger partial charge >= 0.3 is 0 Å². The van der Waals surface area contributed by atoms with Crippen LogP contribution in [0.15, 0.2) is 27.8 Å². The first-order valence-corrected chi connectivity index (χ1v) is 8.61. The van der Waals surface area contributed by atoms with E-state index in [1.807, 2.05) is 12.1 Å². The van der Waals surface area contributed by atoms with Gasteiger partial charge in [-0.2, -0.15) is 0 Å². The molecule has 1 aromatic heterocycles. The van der Waals surface area contributed by atoms with Gasteiger partial charge in [-0.15, -0.1) is 24.0 Å². The highest BCUT2D eigenvalue weighted by atomic mass is 127. The maximum absolute atomic E-state index is 9.56. The summed E-state index contributed by atoms with van der Waals surface area (Å²) in [6, 6.07) is 4.18. The number of aliphatic hydroxyl groups is 1. The normalized spacial score (nSPS) is 21.2. The van der Waals surface area contributed by atoms with Crippen molar-refractivity contribution in [3.8, 4) is 0 Å². The first-order valence-electron chi connectivity index (χ1n) is 8.61. The lowest BCUT2D eigenvalue weighted by atomic mass is 9.93. The van der Waals surface area contributed by atoms with Crippen molar-refractivity contribution >= 4 is 29.9 Å². The molecular weight excluding hydrogens is 421 g/mol. The highest BCUT2D eigenvalue weighted by Crippen LogP contribution is 2.18. The number of rotatable bonds is 8. The average molecular weight is 451 g/mol. The van der Waals surface area contributed by atoms with Crippen LogP contribution in [-0.4, -0.2) is 42.9 Å². The van der Waals surface area contributed by atoms with Gasteiger partial charge in [0.15, 0.2) is 5.96 Å². The largest absolute Gasteiger partial charge is 0.467 e. The third-order valence-electron chi connectivity index (χ3n) is 3.92. The van der Waals surface area contributed by atoms with Crippen molar-refractivity contribution in [2.24, 2.45) is 4.99 Å². The second-order valence-corrected chi connectivity index (χ2v) is 5.90. The van der Waals surface area contributed by atoms with Crippen LogP contribution in [-0.2, 0) is 11.3 Å². The van der Waals surface area contributed by atoms with Crippen molar-refractivity contribution < 1.29 is 14.3 Å². The number of halogens is 1. The number of hydrogen-bond donors (Lipinski definition) is 3. The highest BCUT2D eigenvalue weighted by molar-refractivity contribution is 14.0. The van der Waals surface area contributed by atoms with Gasteiger partial charge in [0.05, 0.1) is 12.4 Å². The van der Waals surface area contributed by atoms with E-state index in [-0.39, 0.29) is 30.1 Å². The third-order valence-corrected chi connectivity index (χ3v) is 3.92. The first kappa shape index (κ1) is 21.2. The second kappa shape index (κ2) is 12.5. The van der Waals surface area contributed by atoms with E-state index < -0.39 is 0 Å². The van der Waals surface area contributed by atoms with Gasteiger partial charge in [-0.1, -0.05) is 0 Å². The fraction of sp³-hybridized carbons (Fsp3) is 0.706. The van der Waals surface area contributed by atoms with E-state index in [0.717, 1.165) is 56.9 Å². The molecule has 1 aliphatic carbocycles. The van der Waals surface area contributed by atoms with Crippen molar-refractivity contribution in [3.63, 3.8) is 0 Å². The zero-order valence-corrected chi connectivity index (χ0v) is 16.7. The van der Waals surface area contributed by atoms with Crippen LogP contribution in [0.25, 0.3) is 0 Å². The summed E-state index contributed by atoms with van der Waals surface area (Å²) in [5.74, 6) is 1.71. The smallest absolute Gasteiger partial charge is 0.191 e. The number of nitrogens with zero attached hydrogens (tertiary/aromatic N) is 1. The predicted molar refractivity (Wildman–Crippen MR) is 106 cm³/mol. The Labute approximate surface area is 161 Å². The van der Waals surface area contributed by atoms with Crippen LogP contribution in [0, 0.1) is 0 Å². The Morgan fingerprint density at radius 2 is 2.17 bits per heavy atom. The van der Waals surface area contributed by atoms with E-state index in [0.29, 0.717) is 19.3 Å². The predicted octanol–water partition coefficient (Wildman–Crippen LogP) is 2.66. The lowest BCUT2D eigenvalue weighted by molar-refractivity contribution is 0.105. The molecule has 0 aliphatic heterocycles. The molecule has 0 bridgehead atoms. The average Bonchev–Trinajstić information content (AvgIpc) is 3.06. The lowest BCUT2D eigenvalue weighted by Gasteiger charge is -2.27. The van der Waals surface area contributed by atoms with Crippen LogP contribution in [0.4, 0.5) is 0 Å². The van der Waals surface area contributed by atoms with E-state index in [1.165, 1.54) is 0 Å². The molecule has 24 heavy (non-hydrogen) atoms. The van der Waals surface area contributed by atoms with Crippen LogP contribution in [0.3, 0.4) is 0 Å². The molecule has 2 rings (SSSR count). The van der Waals surface area contributed by atoms with Crippen molar-refractivity contribution in [3.05, 3.63) is 24.2 Å². The third kappa shape index (κ3) is 8.34. The minimum atomic E-state index is -0.126. The second-order valence-electron chi connectivity index (χ2n) is 5.90. The fourth-order valence-electron chi connectivity index (χ4n) is 2.66.